The van der Waals surface area contributed by atoms with Gasteiger partial charge in [0.15, 0.2) is 0 Å². The van der Waals surface area contributed by atoms with Crippen molar-refractivity contribution in [1.29, 1.82) is 0 Å². The van der Waals surface area contributed by atoms with Crippen molar-refractivity contribution in [2.45, 2.75) is 31.9 Å². The number of aliphatic hydroxyl groups is 2. The van der Waals surface area contributed by atoms with Gasteiger partial charge in [0.1, 0.15) is 5.60 Å². The molecule has 122 valence electrons. The van der Waals surface area contributed by atoms with Gasteiger partial charge >= 0.3 is 0 Å². The zero-order chi connectivity index (χ0) is 16.3. The van der Waals surface area contributed by atoms with E-state index in [1.54, 1.807) is 0 Å². The van der Waals surface area contributed by atoms with Crippen LogP contribution < -0.4 is 0 Å². The molecule has 0 bridgehead atoms. The maximum Gasteiger partial charge on any atom is 0.100 e. The lowest BCUT2D eigenvalue weighted by atomic mass is 9.93. The van der Waals surface area contributed by atoms with E-state index in [4.69, 9.17) is 0 Å². The molecule has 0 aromatic heterocycles. The number of likely N-dealkylation sites (tertiary alicyclic amines) is 1. The zero-order valence-electron chi connectivity index (χ0n) is 13.7. The zero-order valence-corrected chi connectivity index (χ0v) is 13.7. The summed E-state index contributed by atoms with van der Waals surface area (Å²) in [6.45, 7) is 4.29. The third kappa shape index (κ3) is 3.81. The van der Waals surface area contributed by atoms with E-state index in [-0.39, 0.29) is 6.61 Å². The summed E-state index contributed by atoms with van der Waals surface area (Å²) in [4.78, 5) is 2.23. The molecule has 1 atom stereocenters. The van der Waals surface area contributed by atoms with E-state index in [9.17, 15) is 10.2 Å². The highest BCUT2D eigenvalue weighted by molar-refractivity contribution is 5.67. The van der Waals surface area contributed by atoms with Crippen LogP contribution in [0.1, 0.15) is 24.0 Å². The summed E-state index contributed by atoms with van der Waals surface area (Å²) in [7, 11) is 0. The molecule has 1 aliphatic heterocycles. The molecule has 0 amide bonds. The first-order chi connectivity index (χ1) is 11.1. The molecule has 2 N–H and O–H groups in total. The van der Waals surface area contributed by atoms with Crippen LogP contribution in [0.2, 0.25) is 0 Å². The number of piperidine rings is 1. The van der Waals surface area contributed by atoms with Crippen molar-refractivity contribution in [2.75, 3.05) is 19.7 Å². The Morgan fingerprint density at radius 1 is 1.13 bits per heavy atom. The number of β-amino-alcohol motifs (C(OH)–C–C–N with tert-alkyl or cyclic N) is 1. The van der Waals surface area contributed by atoms with Gasteiger partial charge in [-0.2, -0.15) is 0 Å². The third-order valence-corrected chi connectivity index (χ3v) is 4.72. The third-order valence-electron chi connectivity index (χ3n) is 4.72. The largest absolute Gasteiger partial charge is 0.393 e. The molecule has 0 spiro atoms. The molecule has 2 aromatic rings. The fourth-order valence-electron chi connectivity index (χ4n) is 3.46. The first-order valence-corrected chi connectivity index (χ1v) is 8.30. The molecule has 3 heteroatoms. The predicted molar refractivity (Wildman–Crippen MR) is 93.2 cm³/mol. The number of rotatable bonds is 4. The highest BCUT2D eigenvalue weighted by Gasteiger charge is 2.32. The topological polar surface area (TPSA) is 43.7 Å². The van der Waals surface area contributed by atoms with Gasteiger partial charge in [-0.3, -0.25) is 4.90 Å². The standard InChI is InChI=1S/C20H25NO2/c1-16-6-2-3-9-19(16)18-8-4-7-17(12-18)13-21-11-5-10-20(23,14-21)15-22/h2-4,6-9,12,22-23H,5,10-11,13-15H2,1H3/t20-/m1/s1. The van der Waals surface area contributed by atoms with Crippen molar-refractivity contribution in [3.63, 3.8) is 0 Å². The Morgan fingerprint density at radius 3 is 2.74 bits per heavy atom. The van der Waals surface area contributed by atoms with Crippen LogP contribution in [0.5, 0.6) is 0 Å². The monoisotopic (exact) mass is 311 g/mol. The Bertz CT molecular complexity index is 670. The molecule has 0 unspecified atom stereocenters. The Balaban J connectivity index is 1.77. The van der Waals surface area contributed by atoms with Crippen LogP contribution >= 0.6 is 0 Å². The summed E-state index contributed by atoms with van der Waals surface area (Å²) in [6, 6.07) is 17.0. The molecular formula is C20H25NO2. The van der Waals surface area contributed by atoms with Crippen LogP contribution in [-0.2, 0) is 6.54 Å². The fraction of sp³-hybridized carbons (Fsp3) is 0.400. The van der Waals surface area contributed by atoms with Crippen LogP contribution in [0, 0.1) is 6.92 Å². The van der Waals surface area contributed by atoms with Gasteiger partial charge in [0.25, 0.3) is 0 Å². The van der Waals surface area contributed by atoms with Gasteiger partial charge < -0.3 is 10.2 Å². The highest BCUT2D eigenvalue weighted by atomic mass is 16.3. The Kier molecular flexibility index (Phi) is 4.81. The van der Waals surface area contributed by atoms with Crippen molar-refractivity contribution < 1.29 is 10.2 Å². The van der Waals surface area contributed by atoms with Gasteiger partial charge in [0.2, 0.25) is 0 Å². The number of hydrogen-bond acceptors (Lipinski definition) is 3. The number of aryl methyl sites for hydroxylation is 1. The van der Waals surface area contributed by atoms with Gasteiger partial charge in [0, 0.05) is 13.1 Å². The quantitative estimate of drug-likeness (QED) is 0.912. The molecule has 1 fully saturated rings. The molecule has 1 aliphatic rings. The molecule has 23 heavy (non-hydrogen) atoms. The van der Waals surface area contributed by atoms with Gasteiger partial charge in [-0.25, -0.2) is 0 Å². The minimum Gasteiger partial charge on any atom is -0.393 e. The van der Waals surface area contributed by atoms with Gasteiger partial charge in [-0.05, 0) is 54.6 Å². The summed E-state index contributed by atoms with van der Waals surface area (Å²) < 4.78 is 0. The highest BCUT2D eigenvalue weighted by Crippen LogP contribution is 2.26. The summed E-state index contributed by atoms with van der Waals surface area (Å²) in [5.74, 6) is 0. The average molecular weight is 311 g/mol. The number of benzene rings is 2. The Labute approximate surface area is 138 Å². The fourth-order valence-corrected chi connectivity index (χ4v) is 3.46. The van der Waals surface area contributed by atoms with Crippen molar-refractivity contribution in [1.82, 2.24) is 4.90 Å². The van der Waals surface area contributed by atoms with E-state index < -0.39 is 5.60 Å². The molecule has 0 saturated carbocycles. The van der Waals surface area contributed by atoms with Crippen molar-refractivity contribution in [2.24, 2.45) is 0 Å². The molecule has 3 nitrogen and oxygen atoms in total. The maximum atomic E-state index is 10.3. The van der Waals surface area contributed by atoms with Crippen LogP contribution in [0.25, 0.3) is 11.1 Å². The average Bonchev–Trinajstić information content (AvgIpc) is 2.56. The van der Waals surface area contributed by atoms with E-state index in [1.165, 1.54) is 22.3 Å². The van der Waals surface area contributed by atoms with E-state index in [0.717, 1.165) is 19.5 Å². The molecule has 1 heterocycles. The van der Waals surface area contributed by atoms with Gasteiger partial charge in [-0.1, -0.05) is 42.5 Å². The molecule has 1 saturated heterocycles. The molecule has 0 radical (unpaired) electrons. The molecule has 0 aliphatic carbocycles. The second-order valence-electron chi connectivity index (χ2n) is 6.71. The second kappa shape index (κ2) is 6.83. The van der Waals surface area contributed by atoms with Crippen molar-refractivity contribution >= 4 is 0 Å². The first-order valence-electron chi connectivity index (χ1n) is 8.30. The summed E-state index contributed by atoms with van der Waals surface area (Å²) in [6.07, 6.45) is 1.61. The van der Waals surface area contributed by atoms with E-state index in [1.807, 2.05) is 0 Å². The maximum absolute atomic E-state index is 10.3. The summed E-state index contributed by atoms with van der Waals surface area (Å²) in [5, 5.41) is 19.7. The van der Waals surface area contributed by atoms with Gasteiger partial charge in [-0.15, -0.1) is 0 Å². The number of aliphatic hydroxyl groups excluding tert-OH is 1. The van der Waals surface area contributed by atoms with Crippen LogP contribution in [0.3, 0.4) is 0 Å². The van der Waals surface area contributed by atoms with E-state index in [0.29, 0.717) is 13.0 Å². The van der Waals surface area contributed by atoms with Crippen LogP contribution in [0.15, 0.2) is 48.5 Å². The first kappa shape index (κ1) is 16.2. The molecular weight excluding hydrogens is 286 g/mol. The van der Waals surface area contributed by atoms with Crippen LogP contribution in [-0.4, -0.2) is 40.4 Å². The lowest BCUT2D eigenvalue weighted by Crippen LogP contribution is -2.50. The lowest BCUT2D eigenvalue weighted by molar-refractivity contribution is -0.0687. The second-order valence-corrected chi connectivity index (χ2v) is 6.71. The molecule has 3 rings (SSSR count). The van der Waals surface area contributed by atoms with Crippen molar-refractivity contribution in [3.05, 3.63) is 59.7 Å². The normalized spacial score (nSPS) is 22.2. The molecule has 2 aromatic carbocycles. The lowest BCUT2D eigenvalue weighted by Gasteiger charge is -2.38. The minimum absolute atomic E-state index is 0.160. The van der Waals surface area contributed by atoms with Crippen LogP contribution in [0.4, 0.5) is 0 Å². The Hall–Kier alpha value is -1.68. The Morgan fingerprint density at radius 2 is 1.96 bits per heavy atom. The minimum atomic E-state index is -0.939. The number of nitrogens with zero attached hydrogens (tertiary/aromatic N) is 1. The van der Waals surface area contributed by atoms with Gasteiger partial charge in [0.05, 0.1) is 6.61 Å². The van der Waals surface area contributed by atoms with Crippen molar-refractivity contribution in [3.8, 4) is 11.1 Å². The smallest absolute Gasteiger partial charge is 0.100 e. The SMILES string of the molecule is Cc1ccccc1-c1cccc(CN2CCC[C@](O)(CO)C2)c1. The summed E-state index contributed by atoms with van der Waals surface area (Å²) in [5.41, 5.74) is 4.08. The predicted octanol–water partition coefficient (Wildman–Crippen LogP) is 2.98. The summed E-state index contributed by atoms with van der Waals surface area (Å²) >= 11 is 0. The number of hydrogen-bond donors (Lipinski definition) is 2. The van der Waals surface area contributed by atoms with E-state index in [2.05, 4.69) is 60.4 Å². The van der Waals surface area contributed by atoms with E-state index >= 15 is 0 Å².